The van der Waals surface area contributed by atoms with Crippen molar-refractivity contribution in [1.82, 2.24) is 0 Å². The monoisotopic (exact) mass is 432 g/mol. The smallest absolute Gasteiger partial charge is 0.279 e. The summed E-state index contributed by atoms with van der Waals surface area (Å²) in [5, 5.41) is 5.60. The van der Waals surface area contributed by atoms with Crippen molar-refractivity contribution in [2.75, 3.05) is 37.9 Å². The Labute approximate surface area is 187 Å². The van der Waals surface area contributed by atoms with Gasteiger partial charge < -0.3 is 20.3 Å². The average molecular weight is 433 g/mol. The lowest BCUT2D eigenvalue weighted by Crippen LogP contribution is -3.11. The first kappa shape index (κ1) is 22.7. The molecule has 3 aromatic carbocycles. The lowest BCUT2D eigenvalue weighted by Gasteiger charge is -2.15. The first-order valence-electron chi connectivity index (χ1n) is 10.2. The van der Waals surface area contributed by atoms with E-state index in [0.29, 0.717) is 33.2 Å². The second-order valence-corrected chi connectivity index (χ2v) is 7.38. The number of benzene rings is 3. The Morgan fingerprint density at radius 3 is 2.19 bits per heavy atom. The molecule has 7 nitrogen and oxygen atoms in total. The van der Waals surface area contributed by atoms with Gasteiger partial charge in [-0.3, -0.25) is 14.4 Å². The van der Waals surface area contributed by atoms with E-state index in [1.54, 1.807) is 87.0 Å². The summed E-state index contributed by atoms with van der Waals surface area (Å²) in [5.41, 5.74) is 2.03. The van der Waals surface area contributed by atoms with Crippen LogP contribution < -0.4 is 20.3 Å². The van der Waals surface area contributed by atoms with E-state index in [4.69, 9.17) is 4.74 Å². The number of amides is 2. The fraction of sp³-hybridized carbons (Fsp3) is 0.160. The van der Waals surface area contributed by atoms with Crippen molar-refractivity contribution in [2.24, 2.45) is 0 Å². The minimum absolute atomic E-state index is 0.0688. The zero-order valence-electron chi connectivity index (χ0n) is 18.1. The highest BCUT2D eigenvalue weighted by atomic mass is 16.5. The Kier molecular flexibility index (Phi) is 7.72. The fourth-order valence-corrected chi connectivity index (χ4v) is 3.25. The molecule has 0 fully saturated rings. The van der Waals surface area contributed by atoms with Gasteiger partial charge in [-0.05, 0) is 24.3 Å². The second kappa shape index (κ2) is 10.9. The third kappa shape index (κ3) is 6.26. The number of hydrogen-bond acceptors (Lipinski definition) is 4. The van der Waals surface area contributed by atoms with Crippen molar-refractivity contribution in [3.05, 3.63) is 90.0 Å². The number of nitrogens with one attached hydrogen (secondary N) is 3. The Bertz CT molecular complexity index is 1100. The van der Waals surface area contributed by atoms with Gasteiger partial charge in [-0.15, -0.1) is 0 Å². The highest BCUT2D eigenvalue weighted by Gasteiger charge is 2.18. The molecule has 2 amide bonds. The summed E-state index contributed by atoms with van der Waals surface area (Å²) in [4.78, 5) is 38.4. The van der Waals surface area contributed by atoms with Gasteiger partial charge in [0.25, 0.3) is 11.8 Å². The van der Waals surface area contributed by atoms with Gasteiger partial charge in [0.2, 0.25) is 0 Å². The number of para-hydroxylation sites is 1. The van der Waals surface area contributed by atoms with E-state index in [0.717, 1.165) is 0 Å². The number of quaternary nitrogens is 1. The van der Waals surface area contributed by atoms with E-state index < -0.39 is 0 Å². The largest absolute Gasteiger partial charge is 0.497 e. The summed E-state index contributed by atoms with van der Waals surface area (Å²) in [6, 6.07) is 22.9. The highest BCUT2D eigenvalue weighted by molar-refractivity contribution is 6.13. The van der Waals surface area contributed by atoms with E-state index >= 15 is 0 Å². The van der Waals surface area contributed by atoms with Gasteiger partial charge in [0.05, 0.1) is 19.8 Å². The minimum Gasteiger partial charge on any atom is -0.497 e. The molecule has 1 unspecified atom stereocenters. The van der Waals surface area contributed by atoms with E-state index in [2.05, 4.69) is 10.6 Å². The summed E-state index contributed by atoms with van der Waals surface area (Å²) in [5.74, 6) is -0.0281. The Morgan fingerprint density at radius 2 is 1.47 bits per heavy atom. The molecule has 0 bridgehead atoms. The normalized spacial score (nSPS) is 11.3. The van der Waals surface area contributed by atoms with Crippen molar-refractivity contribution in [1.29, 1.82) is 0 Å². The molecule has 0 heterocycles. The molecule has 3 aromatic rings. The van der Waals surface area contributed by atoms with Crippen molar-refractivity contribution < 1.29 is 24.0 Å². The first-order chi connectivity index (χ1) is 15.5. The molecular weight excluding hydrogens is 406 g/mol. The Hall–Kier alpha value is -3.97. The topological polar surface area (TPSA) is 88.9 Å². The fourth-order valence-electron chi connectivity index (χ4n) is 3.25. The van der Waals surface area contributed by atoms with Gasteiger partial charge in [-0.1, -0.05) is 48.5 Å². The van der Waals surface area contributed by atoms with Crippen LogP contribution in [-0.4, -0.2) is 44.8 Å². The number of carbonyl (C=O) groups excluding carboxylic acids is 3. The van der Waals surface area contributed by atoms with Gasteiger partial charge in [0.15, 0.2) is 18.9 Å². The number of methoxy groups -OCH3 is 1. The lowest BCUT2D eigenvalue weighted by atomic mass is 10.0. The molecule has 32 heavy (non-hydrogen) atoms. The summed E-state index contributed by atoms with van der Waals surface area (Å²) >= 11 is 0. The molecule has 0 aliphatic rings. The number of hydrogen-bond donors (Lipinski definition) is 3. The Balaban J connectivity index is 1.57. The summed E-state index contributed by atoms with van der Waals surface area (Å²) < 4.78 is 5.15. The molecule has 0 aromatic heterocycles. The zero-order valence-corrected chi connectivity index (χ0v) is 18.1. The van der Waals surface area contributed by atoms with Crippen molar-refractivity contribution in [3.63, 3.8) is 0 Å². The van der Waals surface area contributed by atoms with E-state index in [9.17, 15) is 14.4 Å². The van der Waals surface area contributed by atoms with Crippen LogP contribution in [0.25, 0.3) is 0 Å². The standard InChI is InChI=1S/C25H25N3O4/c1-28(16-23(29)26-19-11-8-12-20(15-19)32-2)17-24(30)27-22-14-7-6-13-21(22)25(31)18-9-4-3-5-10-18/h3-15H,16-17H2,1-2H3,(H,26,29)(H,27,30)/p+1. The molecule has 0 spiro atoms. The number of ether oxygens (including phenoxy) is 1. The molecule has 0 aliphatic carbocycles. The van der Waals surface area contributed by atoms with Crippen LogP contribution >= 0.6 is 0 Å². The van der Waals surface area contributed by atoms with E-state index in [1.807, 2.05) is 6.07 Å². The molecule has 0 saturated carbocycles. The van der Waals surface area contributed by atoms with Gasteiger partial charge in [-0.2, -0.15) is 0 Å². The van der Waals surface area contributed by atoms with Crippen molar-refractivity contribution in [3.8, 4) is 5.75 Å². The Morgan fingerprint density at radius 1 is 0.812 bits per heavy atom. The predicted octanol–water partition coefficient (Wildman–Crippen LogP) is 2.02. The molecule has 3 N–H and O–H groups in total. The third-order valence-corrected chi connectivity index (χ3v) is 4.76. The lowest BCUT2D eigenvalue weighted by molar-refractivity contribution is -0.862. The first-order valence-corrected chi connectivity index (χ1v) is 10.2. The van der Waals surface area contributed by atoms with Crippen molar-refractivity contribution >= 4 is 29.0 Å². The number of rotatable bonds is 9. The van der Waals surface area contributed by atoms with Crippen LogP contribution in [0.2, 0.25) is 0 Å². The van der Waals surface area contributed by atoms with Crippen LogP contribution in [0.5, 0.6) is 5.75 Å². The van der Waals surface area contributed by atoms with Crippen LogP contribution in [0.15, 0.2) is 78.9 Å². The predicted molar refractivity (Wildman–Crippen MR) is 123 cm³/mol. The quantitative estimate of drug-likeness (QED) is 0.452. The minimum atomic E-state index is -0.287. The summed E-state index contributed by atoms with van der Waals surface area (Å²) in [6.07, 6.45) is 0. The molecular formula is C25H26N3O4+. The zero-order chi connectivity index (χ0) is 22.9. The molecule has 7 heteroatoms. The number of anilines is 2. The van der Waals surface area contributed by atoms with E-state index in [1.165, 1.54) is 0 Å². The molecule has 0 radical (unpaired) electrons. The number of likely N-dealkylation sites (N-methyl/N-ethyl adjacent to an activating group) is 1. The number of carbonyl (C=O) groups is 3. The maximum absolute atomic E-state index is 12.8. The average Bonchev–Trinajstić information content (AvgIpc) is 2.79. The molecule has 3 rings (SSSR count). The van der Waals surface area contributed by atoms with Gasteiger partial charge in [0, 0.05) is 22.9 Å². The van der Waals surface area contributed by atoms with Crippen LogP contribution in [0.4, 0.5) is 11.4 Å². The maximum atomic E-state index is 12.8. The van der Waals surface area contributed by atoms with Gasteiger partial charge in [-0.25, -0.2) is 0 Å². The SMILES string of the molecule is COc1cccc(NC(=O)C[NH+](C)CC(=O)Nc2ccccc2C(=O)c2ccccc2)c1. The van der Waals surface area contributed by atoms with Crippen LogP contribution in [0.3, 0.4) is 0 Å². The van der Waals surface area contributed by atoms with E-state index in [-0.39, 0.29) is 30.7 Å². The highest BCUT2D eigenvalue weighted by Crippen LogP contribution is 2.19. The summed E-state index contributed by atoms with van der Waals surface area (Å²) in [7, 11) is 3.31. The van der Waals surface area contributed by atoms with Gasteiger partial charge >= 0.3 is 0 Å². The maximum Gasteiger partial charge on any atom is 0.279 e. The summed E-state index contributed by atoms with van der Waals surface area (Å²) in [6.45, 7) is 0.175. The molecule has 164 valence electrons. The van der Waals surface area contributed by atoms with Gasteiger partial charge in [0.1, 0.15) is 5.75 Å². The molecule has 0 saturated heterocycles. The third-order valence-electron chi connectivity index (χ3n) is 4.76. The van der Waals surface area contributed by atoms with Crippen molar-refractivity contribution in [2.45, 2.75) is 0 Å². The van der Waals surface area contributed by atoms with Crippen LogP contribution in [0.1, 0.15) is 15.9 Å². The van der Waals surface area contributed by atoms with Crippen LogP contribution in [0, 0.1) is 0 Å². The number of ketones is 1. The molecule has 1 atom stereocenters. The van der Waals surface area contributed by atoms with Crippen LogP contribution in [-0.2, 0) is 9.59 Å². The second-order valence-electron chi connectivity index (χ2n) is 7.38. The molecule has 0 aliphatic heterocycles.